The summed E-state index contributed by atoms with van der Waals surface area (Å²) < 4.78 is 12.2. The van der Waals surface area contributed by atoms with Gasteiger partial charge in [-0.05, 0) is 36.5 Å². The summed E-state index contributed by atoms with van der Waals surface area (Å²) in [6.45, 7) is 10.4. The average molecular weight is 256 g/mol. The zero-order valence-corrected chi connectivity index (χ0v) is 12.5. The van der Waals surface area contributed by atoms with Gasteiger partial charge in [0.1, 0.15) is 6.29 Å². The van der Waals surface area contributed by atoms with Crippen molar-refractivity contribution in [2.75, 3.05) is 0 Å². The highest BCUT2D eigenvalue weighted by atomic mass is 19.1. The second-order valence-corrected chi connectivity index (χ2v) is 5.45. The van der Waals surface area contributed by atoms with Gasteiger partial charge in [0, 0.05) is 5.92 Å². The fourth-order valence-electron chi connectivity index (χ4n) is 3.12. The molecule has 18 heavy (non-hydrogen) atoms. The van der Waals surface area contributed by atoms with Gasteiger partial charge in [0.25, 0.3) is 0 Å². The van der Waals surface area contributed by atoms with E-state index in [2.05, 4.69) is 13.8 Å². The third-order valence-corrected chi connectivity index (χ3v) is 4.13. The van der Waals surface area contributed by atoms with Crippen LogP contribution in [0.4, 0.5) is 4.39 Å². The van der Waals surface area contributed by atoms with E-state index in [4.69, 9.17) is 0 Å². The molecule has 0 unspecified atom stereocenters. The lowest BCUT2D eigenvalue weighted by Crippen LogP contribution is -2.32. The van der Waals surface area contributed by atoms with Crippen molar-refractivity contribution in [1.29, 1.82) is 0 Å². The number of aldehydes is 1. The first-order valence-corrected chi connectivity index (χ1v) is 7.32. The lowest BCUT2D eigenvalue weighted by atomic mass is 9.67. The highest BCUT2D eigenvalue weighted by molar-refractivity contribution is 5.55. The Balaban J connectivity index is 0.00000137. The maximum Gasteiger partial charge on any atom is 0.123 e. The topological polar surface area (TPSA) is 17.1 Å². The van der Waals surface area contributed by atoms with E-state index in [0.717, 1.165) is 18.6 Å². The lowest BCUT2D eigenvalue weighted by molar-refractivity contribution is -0.115. The van der Waals surface area contributed by atoms with Crippen LogP contribution in [0.15, 0.2) is 12.4 Å². The normalized spacial score (nSPS) is 31.3. The van der Waals surface area contributed by atoms with Crippen LogP contribution in [-0.2, 0) is 4.79 Å². The summed E-state index contributed by atoms with van der Waals surface area (Å²) in [5.41, 5.74) is 0. The molecule has 0 amide bonds. The summed E-state index contributed by atoms with van der Waals surface area (Å²) in [5.74, 6) is 1.78. The van der Waals surface area contributed by atoms with Crippen LogP contribution in [0.25, 0.3) is 0 Å². The second kappa shape index (κ2) is 9.29. The van der Waals surface area contributed by atoms with Gasteiger partial charge in [-0.15, -0.1) is 0 Å². The third-order valence-electron chi connectivity index (χ3n) is 4.13. The van der Waals surface area contributed by atoms with E-state index < -0.39 is 0 Å². The van der Waals surface area contributed by atoms with Crippen molar-refractivity contribution in [3.63, 3.8) is 0 Å². The standard InChI is InChI=1S/C14H23FO.C2H6/c1-10-4-5-13(12(3)8-10)14(9-16)11(2)6-7-15;1-2/h6-7,9-14H,4-5,8H2,1-3H3;1-2H3/b7-6-;/t10-,11-,12-,13-,14+;/m1./s1. The maximum atomic E-state index is 12.2. The van der Waals surface area contributed by atoms with Crippen molar-refractivity contribution in [2.24, 2.45) is 29.6 Å². The maximum absolute atomic E-state index is 12.2. The molecule has 0 radical (unpaired) electrons. The molecule has 1 saturated carbocycles. The molecule has 1 aliphatic carbocycles. The number of carbonyl (C=O) groups excluding carboxylic acids is 1. The van der Waals surface area contributed by atoms with Crippen molar-refractivity contribution >= 4 is 6.29 Å². The van der Waals surface area contributed by atoms with Gasteiger partial charge in [-0.2, -0.15) is 0 Å². The molecule has 5 atom stereocenters. The smallest absolute Gasteiger partial charge is 0.123 e. The fourth-order valence-corrected chi connectivity index (χ4v) is 3.12. The average Bonchev–Trinajstić information content (AvgIpc) is 2.35. The molecular weight excluding hydrogens is 227 g/mol. The molecule has 0 aromatic carbocycles. The van der Waals surface area contributed by atoms with Crippen LogP contribution >= 0.6 is 0 Å². The first kappa shape index (κ1) is 17.3. The summed E-state index contributed by atoms with van der Waals surface area (Å²) in [7, 11) is 0. The molecule has 0 aromatic rings. The molecule has 1 nitrogen and oxygen atoms in total. The third kappa shape index (κ3) is 4.91. The Kier molecular flexibility index (Phi) is 8.95. The monoisotopic (exact) mass is 256 g/mol. The van der Waals surface area contributed by atoms with Crippen molar-refractivity contribution in [1.82, 2.24) is 0 Å². The van der Waals surface area contributed by atoms with Crippen molar-refractivity contribution < 1.29 is 9.18 Å². The van der Waals surface area contributed by atoms with Crippen LogP contribution in [0.2, 0.25) is 0 Å². The molecule has 0 spiro atoms. The van der Waals surface area contributed by atoms with Gasteiger partial charge in [-0.1, -0.05) is 47.1 Å². The van der Waals surface area contributed by atoms with E-state index in [-0.39, 0.29) is 11.8 Å². The lowest BCUT2D eigenvalue weighted by Gasteiger charge is -2.37. The molecule has 0 N–H and O–H groups in total. The molecule has 1 fully saturated rings. The van der Waals surface area contributed by atoms with Gasteiger partial charge in [0.2, 0.25) is 0 Å². The Bertz CT molecular complexity index is 249. The number of allylic oxidation sites excluding steroid dienone is 1. The molecule has 0 aromatic heterocycles. The summed E-state index contributed by atoms with van der Waals surface area (Å²) in [4.78, 5) is 11.2. The van der Waals surface area contributed by atoms with Gasteiger partial charge >= 0.3 is 0 Å². The van der Waals surface area contributed by atoms with E-state index in [1.54, 1.807) is 0 Å². The highest BCUT2D eigenvalue weighted by Gasteiger charge is 2.33. The molecule has 1 rings (SSSR count). The first-order chi connectivity index (χ1) is 8.60. The van der Waals surface area contributed by atoms with Crippen LogP contribution in [0.1, 0.15) is 53.9 Å². The van der Waals surface area contributed by atoms with E-state index in [1.807, 2.05) is 20.8 Å². The summed E-state index contributed by atoms with van der Waals surface area (Å²) in [6, 6.07) is 0. The molecule has 0 saturated heterocycles. The second-order valence-electron chi connectivity index (χ2n) is 5.45. The fraction of sp³-hybridized carbons (Fsp3) is 0.812. The molecule has 106 valence electrons. The molecular formula is C16H29FO. The van der Waals surface area contributed by atoms with E-state index in [1.165, 1.54) is 18.9 Å². The van der Waals surface area contributed by atoms with E-state index in [9.17, 15) is 9.18 Å². The predicted octanol–water partition coefficient (Wildman–Crippen LogP) is 5.02. The SMILES string of the molecule is CC.C[C@@H]1CC[C@@H]([C@@H](C=O)[C@H](C)/C=C\F)[C@H](C)C1. The Hall–Kier alpha value is -0.660. The molecule has 0 heterocycles. The van der Waals surface area contributed by atoms with Crippen LogP contribution in [-0.4, -0.2) is 6.29 Å². The van der Waals surface area contributed by atoms with Gasteiger partial charge in [-0.25, -0.2) is 4.39 Å². The van der Waals surface area contributed by atoms with Crippen molar-refractivity contribution in [2.45, 2.75) is 53.9 Å². The summed E-state index contributed by atoms with van der Waals surface area (Å²) >= 11 is 0. The van der Waals surface area contributed by atoms with Crippen LogP contribution in [0.5, 0.6) is 0 Å². The summed E-state index contributed by atoms with van der Waals surface area (Å²) in [5, 5.41) is 0. The minimum Gasteiger partial charge on any atom is -0.303 e. The number of rotatable bonds is 4. The largest absolute Gasteiger partial charge is 0.303 e. The Morgan fingerprint density at radius 3 is 2.28 bits per heavy atom. The minimum absolute atomic E-state index is 0.0170. The summed E-state index contributed by atoms with van der Waals surface area (Å²) in [6.07, 6.45) is 6.60. The van der Waals surface area contributed by atoms with Crippen LogP contribution in [0, 0.1) is 29.6 Å². The molecule has 0 aliphatic heterocycles. The van der Waals surface area contributed by atoms with Crippen molar-refractivity contribution in [3.05, 3.63) is 12.4 Å². The van der Waals surface area contributed by atoms with Crippen molar-refractivity contribution in [3.8, 4) is 0 Å². The van der Waals surface area contributed by atoms with Gasteiger partial charge < -0.3 is 4.79 Å². The van der Waals surface area contributed by atoms with E-state index >= 15 is 0 Å². The van der Waals surface area contributed by atoms with Gasteiger partial charge in [0.15, 0.2) is 0 Å². The first-order valence-electron chi connectivity index (χ1n) is 7.32. The van der Waals surface area contributed by atoms with Crippen LogP contribution in [0.3, 0.4) is 0 Å². The van der Waals surface area contributed by atoms with Gasteiger partial charge in [-0.3, -0.25) is 0 Å². The zero-order chi connectivity index (χ0) is 14.1. The van der Waals surface area contributed by atoms with Crippen LogP contribution < -0.4 is 0 Å². The highest BCUT2D eigenvalue weighted by Crippen LogP contribution is 2.39. The Morgan fingerprint density at radius 2 is 1.83 bits per heavy atom. The number of hydrogen-bond donors (Lipinski definition) is 0. The van der Waals surface area contributed by atoms with E-state index in [0.29, 0.717) is 18.2 Å². The predicted molar refractivity (Wildman–Crippen MR) is 76.0 cm³/mol. The Morgan fingerprint density at radius 1 is 1.22 bits per heavy atom. The molecule has 1 aliphatic rings. The Labute approximate surface area is 112 Å². The number of halogens is 1. The quantitative estimate of drug-likeness (QED) is 0.645. The molecule has 0 bridgehead atoms. The zero-order valence-electron chi connectivity index (χ0n) is 12.5. The number of hydrogen-bond acceptors (Lipinski definition) is 1. The minimum atomic E-state index is -0.0190. The van der Waals surface area contributed by atoms with Gasteiger partial charge in [0.05, 0.1) is 6.33 Å². The molecule has 2 heteroatoms. The number of carbonyl (C=O) groups is 1.